The molecule has 0 aromatic heterocycles. The molecular weight excluding hydrogens is 216 g/mol. The first-order valence-corrected chi connectivity index (χ1v) is 6.97. The lowest BCUT2D eigenvalue weighted by Crippen LogP contribution is -2.48. The summed E-state index contributed by atoms with van der Waals surface area (Å²) < 4.78 is 24.4. The second kappa shape index (κ2) is 4.94. The number of amides is 1. The van der Waals surface area contributed by atoms with Crippen molar-refractivity contribution in [2.75, 3.05) is 19.3 Å². The van der Waals surface area contributed by atoms with Gasteiger partial charge in [-0.15, -0.1) is 0 Å². The van der Waals surface area contributed by atoms with Crippen molar-refractivity contribution in [1.29, 1.82) is 0 Å². The summed E-state index contributed by atoms with van der Waals surface area (Å²) in [7, 11) is -3.14. The summed E-state index contributed by atoms with van der Waals surface area (Å²) in [5.41, 5.74) is 0. The molecule has 1 N–H and O–H groups in total. The minimum atomic E-state index is -3.14. The predicted octanol–water partition coefficient (Wildman–Crippen LogP) is -0.0634. The first-order valence-electron chi connectivity index (χ1n) is 5.12. The molecule has 1 rings (SSSR count). The molecule has 1 unspecified atom stereocenters. The Bertz CT molecular complexity index is 326. The normalized spacial score (nSPS) is 23.7. The fourth-order valence-corrected chi connectivity index (χ4v) is 3.06. The van der Waals surface area contributed by atoms with E-state index < -0.39 is 10.0 Å². The number of piperidine rings is 1. The molecule has 1 atom stereocenters. The Hall–Kier alpha value is -0.620. The molecule has 0 aromatic carbocycles. The van der Waals surface area contributed by atoms with Gasteiger partial charge in [0, 0.05) is 26.1 Å². The summed E-state index contributed by atoms with van der Waals surface area (Å²) in [6.45, 7) is 2.43. The van der Waals surface area contributed by atoms with Gasteiger partial charge in [-0.2, -0.15) is 4.31 Å². The monoisotopic (exact) mass is 234 g/mol. The fourth-order valence-electron chi connectivity index (χ4n) is 1.88. The third-order valence-corrected chi connectivity index (χ3v) is 3.92. The lowest BCUT2D eigenvalue weighted by Gasteiger charge is -2.33. The maximum Gasteiger partial charge on any atom is 0.216 e. The molecule has 0 radical (unpaired) electrons. The number of nitrogens with zero attached hydrogens (tertiary/aromatic N) is 1. The van der Waals surface area contributed by atoms with Crippen LogP contribution < -0.4 is 5.32 Å². The highest BCUT2D eigenvalue weighted by Crippen LogP contribution is 2.19. The number of hydrogen-bond acceptors (Lipinski definition) is 3. The van der Waals surface area contributed by atoms with Gasteiger partial charge in [-0.25, -0.2) is 8.42 Å². The van der Waals surface area contributed by atoms with Gasteiger partial charge in [0.25, 0.3) is 0 Å². The van der Waals surface area contributed by atoms with E-state index >= 15 is 0 Å². The highest BCUT2D eigenvalue weighted by atomic mass is 32.2. The third-order valence-electron chi connectivity index (χ3n) is 2.59. The average Bonchev–Trinajstić information content (AvgIpc) is 2.13. The topological polar surface area (TPSA) is 66.5 Å². The Balaban J connectivity index is 2.62. The summed E-state index contributed by atoms with van der Waals surface area (Å²) in [6, 6.07) is -0.0716. The van der Waals surface area contributed by atoms with Crippen molar-refractivity contribution in [3.05, 3.63) is 0 Å². The summed E-state index contributed by atoms with van der Waals surface area (Å²) in [6.07, 6.45) is 3.98. The van der Waals surface area contributed by atoms with Crippen molar-refractivity contribution in [1.82, 2.24) is 9.62 Å². The van der Waals surface area contributed by atoms with Crippen LogP contribution in [0.15, 0.2) is 0 Å². The molecule has 1 amide bonds. The smallest absolute Gasteiger partial charge is 0.216 e. The lowest BCUT2D eigenvalue weighted by atomic mass is 10.1. The van der Waals surface area contributed by atoms with Gasteiger partial charge in [0.05, 0.1) is 6.26 Å². The molecule has 0 saturated carbocycles. The Morgan fingerprint density at radius 3 is 2.67 bits per heavy atom. The second-order valence-electron chi connectivity index (χ2n) is 3.96. The van der Waals surface area contributed by atoms with E-state index in [0.717, 1.165) is 19.3 Å². The van der Waals surface area contributed by atoms with Gasteiger partial charge in [0.1, 0.15) is 0 Å². The molecule has 1 saturated heterocycles. The van der Waals surface area contributed by atoms with Crippen LogP contribution >= 0.6 is 0 Å². The van der Waals surface area contributed by atoms with Gasteiger partial charge in [-0.05, 0) is 12.8 Å². The molecule has 0 aromatic rings. The summed E-state index contributed by atoms with van der Waals surface area (Å²) >= 11 is 0. The molecule has 6 heteroatoms. The first kappa shape index (κ1) is 12.4. The molecule has 5 nitrogen and oxygen atoms in total. The van der Waals surface area contributed by atoms with E-state index in [2.05, 4.69) is 5.32 Å². The van der Waals surface area contributed by atoms with Crippen LogP contribution in [0.5, 0.6) is 0 Å². The number of carbonyl (C=O) groups is 1. The third kappa shape index (κ3) is 3.79. The molecular formula is C9H18N2O3S. The van der Waals surface area contributed by atoms with Crippen molar-refractivity contribution in [2.24, 2.45) is 0 Å². The summed E-state index contributed by atoms with van der Waals surface area (Å²) in [5, 5.41) is 2.67. The van der Waals surface area contributed by atoms with E-state index in [9.17, 15) is 13.2 Å². The van der Waals surface area contributed by atoms with Gasteiger partial charge in [-0.1, -0.05) is 6.42 Å². The average molecular weight is 234 g/mol. The highest BCUT2D eigenvalue weighted by Gasteiger charge is 2.28. The number of nitrogens with one attached hydrogen (secondary N) is 1. The zero-order chi connectivity index (χ0) is 11.5. The van der Waals surface area contributed by atoms with Crippen molar-refractivity contribution >= 4 is 15.9 Å². The van der Waals surface area contributed by atoms with E-state index in [0.29, 0.717) is 13.1 Å². The molecule has 1 aliphatic rings. The lowest BCUT2D eigenvalue weighted by molar-refractivity contribution is -0.119. The molecule has 0 spiro atoms. The van der Waals surface area contributed by atoms with Crippen LogP contribution in [0.25, 0.3) is 0 Å². The zero-order valence-electron chi connectivity index (χ0n) is 9.19. The molecule has 0 bridgehead atoms. The van der Waals surface area contributed by atoms with Gasteiger partial charge < -0.3 is 5.32 Å². The van der Waals surface area contributed by atoms with E-state index in [4.69, 9.17) is 0 Å². The molecule has 88 valence electrons. The number of rotatable bonds is 3. The van der Waals surface area contributed by atoms with E-state index in [-0.39, 0.29) is 11.9 Å². The largest absolute Gasteiger partial charge is 0.355 e. The number of carbonyl (C=O) groups excluding carboxylic acids is 1. The van der Waals surface area contributed by atoms with Crippen LogP contribution in [0.2, 0.25) is 0 Å². The quantitative estimate of drug-likeness (QED) is 0.743. The van der Waals surface area contributed by atoms with Crippen LogP contribution in [-0.2, 0) is 14.8 Å². The van der Waals surface area contributed by atoms with Gasteiger partial charge in [0.2, 0.25) is 15.9 Å². The van der Waals surface area contributed by atoms with Crippen LogP contribution in [0.3, 0.4) is 0 Å². The van der Waals surface area contributed by atoms with Gasteiger partial charge in [-0.3, -0.25) is 4.79 Å². The van der Waals surface area contributed by atoms with Crippen LogP contribution in [0, 0.1) is 0 Å². The molecule has 1 aliphatic heterocycles. The summed E-state index contributed by atoms with van der Waals surface area (Å²) in [4.78, 5) is 10.8. The molecule has 1 heterocycles. The second-order valence-corrected chi connectivity index (χ2v) is 5.90. The highest BCUT2D eigenvalue weighted by molar-refractivity contribution is 7.88. The van der Waals surface area contributed by atoms with E-state index in [1.807, 2.05) is 0 Å². The predicted molar refractivity (Wildman–Crippen MR) is 57.9 cm³/mol. The number of sulfonamides is 1. The maximum absolute atomic E-state index is 11.5. The van der Waals surface area contributed by atoms with Crippen LogP contribution in [0.4, 0.5) is 0 Å². The Morgan fingerprint density at radius 2 is 2.13 bits per heavy atom. The minimum absolute atomic E-state index is 0.0716. The minimum Gasteiger partial charge on any atom is -0.355 e. The van der Waals surface area contributed by atoms with Crippen molar-refractivity contribution < 1.29 is 13.2 Å². The van der Waals surface area contributed by atoms with Gasteiger partial charge in [0.15, 0.2) is 0 Å². The van der Waals surface area contributed by atoms with Crippen molar-refractivity contribution in [3.63, 3.8) is 0 Å². The Kier molecular flexibility index (Phi) is 4.10. The Morgan fingerprint density at radius 1 is 1.47 bits per heavy atom. The molecule has 1 fully saturated rings. The fraction of sp³-hybridized carbons (Fsp3) is 0.889. The van der Waals surface area contributed by atoms with Crippen LogP contribution in [-0.4, -0.2) is 44.0 Å². The van der Waals surface area contributed by atoms with Crippen LogP contribution in [0.1, 0.15) is 26.2 Å². The zero-order valence-corrected chi connectivity index (χ0v) is 10.0. The van der Waals surface area contributed by atoms with Crippen molar-refractivity contribution in [2.45, 2.75) is 32.2 Å². The maximum atomic E-state index is 11.5. The number of hydrogen-bond donors (Lipinski definition) is 1. The SMILES string of the molecule is CC(=O)NCC1CCCCN1S(C)(=O)=O. The Labute approximate surface area is 90.9 Å². The van der Waals surface area contributed by atoms with Gasteiger partial charge >= 0.3 is 0 Å². The molecule has 15 heavy (non-hydrogen) atoms. The summed E-state index contributed by atoms with van der Waals surface area (Å²) in [5.74, 6) is -0.117. The standard InChI is InChI=1S/C9H18N2O3S/c1-8(12)10-7-9-5-3-4-6-11(9)15(2,13)14/h9H,3-7H2,1-2H3,(H,10,12). The molecule has 0 aliphatic carbocycles. The van der Waals surface area contributed by atoms with E-state index in [1.165, 1.54) is 17.5 Å². The van der Waals surface area contributed by atoms with Crippen molar-refractivity contribution in [3.8, 4) is 0 Å². The van der Waals surface area contributed by atoms with E-state index in [1.54, 1.807) is 0 Å². The first-order chi connectivity index (χ1) is 6.91.